The summed E-state index contributed by atoms with van der Waals surface area (Å²) in [5.74, 6) is -0.420. The third kappa shape index (κ3) is 3.93. The van der Waals surface area contributed by atoms with E-state index in [2.05, 4.69) is 5.32 Å². The maximum Gasteiger partial charge on any atom is 0.410 e. The van der Waals surface area contributed by atoms with Gasteiger partial charge in [0.05, 0.1) is 12.0 Å². The summed E-state index contributed by atoms with van der Waals surface area (Å²) < 4.78 is 27.5. The summed E-state index contributed by atoms with van der Waals surface area (Å²) in [5.41, 5.74) is 2.11. The first-order chi connectivity index (χ1) is 12.8. The number of nitrogens with two attached hydrogens (primary N) is 1. The van der Waals surface area contributed by atoms with Gasteiger partial charge in [-0.1, -0.05) is 24.3 Å². The van der Waals surface area contributed by atoms with Gasteiger partial charge in [0, 0.05) is 12.2 Å². The lowest BCUT2D eigenvalue weighted by molar-refractivity contribution is -0.121. The van der Waals surface area contributed by atoms with Crippen LogP contribution < -0.4 is 10.5 Å². The van der Waals surface area contributed by atoms with Gasteiger partial charge in [0.15, 0.2) is 0 Å². The number of carbonyl (C=O) groups is 2. The van der Waals surface area contributed by atoms with Gasteiger partial charge in [0.2, 0.25) is 10.0 Å². The molecule has 2 aromatic carbocycles. The van der Waals surface area contributed by atoms with Crippen molar-refractivity contribution in [2.24, 2.45) is 5.14 Å². The number of carbonyl (C=O) groups excluding carboxylic acids is 2. The van der Waals surface area contributed by atoms with E-state index in [1.54, 1.807) is 12.1 Å². The van der Waals surface area contributed by atoms with E-state index in [-0.39, 0.29) is 4.90 Å². The predicted octanol–water partition coefficient (Wildman–Crippen LogP) is 1.64. The van der Waals surface area contributed by atoms with Crippen LogP contribution in [-0.4, -0.2) is 39.0 Å². The highest BCUT2D eigenvalue weighted by molar-refractivity contribution is 7.89. The molecular formula is C18H19N3O5S. The van der Waals surface area contributed by atoms with E-state index < -0.39 is 28.1 Å². The van der Waals surface area contributed by atoms with Crippen molar-refractivity contribution in [3.05, 3.63) is 59.7 Å². The van der Waals surface area contributed by atoms with E-state index in [0.717, 1.165) is 11.1 Å². The number of ether oxygens (including phenoxy) is 1. The maximum absolute atomic E-state index is 12.9. The van der Waals surface area contributed by atoms with Gasteiger partial charge in [0.25, 0.3) is 5.91 Å². The fraction of sp³-hybridized carbons (Fsp3) is 0.222. The summed E-state index contributed by atoms with van der Waals surface area (Å²) >= 11 is 0. The summed E-state index contributed by atoms with van der Waals surface area (Å²) in [6, 6.07) is 12.1. The molecule has 142 valence electrons. The third-order valence-electron chi connectivity index (χ3n) is 4.39. The van der Waals surface area contributed by atoms with Gasteiger partial charge in [-0.05, 0) is 41.8 Å². The Balaban J connectivity index is 1.89. The lowest BCUT2D eigenvalue weighted by atomic mass is 9.92. The van der Waals surface area contributed by atoms with Crippen LogP contribution in [0.15, 0.2) is 53.4 Å². The van der Waals surface area contributed by atoms with Crippen LogP contribution >= 0.6 is 0 Å². The van der Waals surface area contributed by atoms with Crippen LogP contribution in [0.4, 0.5) is 10.5 Å². The van der Waals surface area contributed by atoms with Gasteiger partial charge in [0.1, 0.15) is 6.04 Å². The Kier molecular flexibility index (Phi) is 5.15. The van der Waals surface area contributed by atoms with Gasteiger partial charge in [-0.25, -0.2) is 18.4 Å². The third-order valence-corrected chi connectivity index (χ3v) is 5.32. The van der Waals surface area contributed by atoms with Crippen molar-refractivity contribution in [1.29, 1.82) is 0 Å². The molecule has 1 atom stereocenters. The van der Waals surface area contributed by atoms with E-state index in [0.29, 0.717) is 18.7 Å². The number of hydrogen-bond acceptors (Lipinski definition) is 5. The highest BCUT2D eigenvalue weighted by atomic mass is 32.2. The van der Waals surface area contributed by atoms with Crippen molar-refractivity contribution in [2.45, 2.75) is 17.4 Å². The van der Waals surface area contributed by atoms with Gasteiger partial charge in [-0.15, -0.1) is 0 Å². The van der Waals surface area contributed by atoms with E-state index >= 15 is 0 Å². The van der Waals surface area contributed by atoms with Crippen molar-refractivity contribution >= 4 is 27.7 Å². The second kappa shape index (κ2) is 7.37. The number of rotatable bonds is 3. The van der Waals surface area contributed by atoms with Gasteiger partial charge in [-0.2, -0.15) is 0 Å². The molecule has 0 fully saturated rings. The average molecular weight is 389 g/mol. The number of amides is 2. The Morgan fingerprint density at radius 2 is 1.81 bits per heavy atom. The zero-order chi connectivity index (χ0) is 19.6. The molecular weight excluding hydrogens is 370 g/mol. The van der Waals surface area contributed by atoms with E-state index in [1.165, 1.54) is 36.3 Å². The number of hydrogen-bond donors (Lipinski definition) is 2. The number of fused-ring (bicyclic) bond motifs is 1. The van der Waals surface area contributed by atoms with Crippen LogP contribution in [0.5, 0.6) is 0 Å². The molecule has 9 heteroatoms. The van der Waals surface area contributed by atoms with Crippen LogP contribution in [0.1, 0.15) is 17.2 Å². The molecule has 2 amide bonds. The van der Waals surface area contributed by atoms with Crippen molar-refractivity contribution in [3.63, 3.8) is 0 Å². The highest BCUT2D eigenvalue weighted by Gasteiger charge is 2.36. The minimum atomic E-state index is -3.81. The van der Waals surface area contributed by atoms with Crippen molar-refractivity contribution in [2.75, 3.05) is 19.0 Å². The Bertz CT molecular complexity index is 973. The number of anilines is 1. The molecule has 1 aliphatic rings. The summed E-state index contributed by atoms with van der Waals surface area (Å²) in [4.78, 5) is 26.4. The minimum Gasteiger partial charge on any atom is -0.453 e. The summed E-state index contributed by atoms with van der Waals surface area (Å²) in [6.45, 7) is 0.353. The lowest BCUT2D eigenvalue weighted by Crippen LogP contribution is -2.45. The lowest BCUT2D eigenvalue weighted by Gasteiger charge is -2.35. The van der Waals surface area contributed by atoms with Crippen LogP contribution in [0.2, 0.25) is 0 Å². The largest absolute Gasteiger partial charge is 0.453 e. The molecule has 0 saturated heterocycles. The normalized spacial score (nSPS) is 16.4. The Morgan fingerprint density at radius 1 is 1.15 bits per heavy atom. The van der Waals surface area contributed by atoms with Gasteiger partial charge < -0.3 is 10.1 Å². The van der Waals surface area contributed by atoms with Crippen LogP contribution in [0.3, 0.4) is 0 Å². The Labute approximate surface area is 157 Å². The molecule has 3 N–H and O–H groups in total. The number of primary sulfonamides is 1. The topological polar surface area (TPSA) is 119 Å². The number of methoxy groups -OCH3 is 1. The number of nitrogens with zero attached hydrogens (tertiary/aromatic N) is 1. The first kappa shape index (κ1) is 18.9. The van der Waals surface area contributed by atoms with E-state index in [1.807, 2.05) is 12.1 Å². The van der Waals surface area contributed by atoms with Crippen LogP contribution in [0, 0.1) is 0 Å². The molecule has 0 radical (unpaired) electrons. The molecule has 1 aliphatic heterocycles. The fourth-order valence-electron chi connectivity index (χ4n) is 3.10. The number of benzene rings is 2. The fourth-order valence-corrected chi connectivity index (χ4v) is 3.62. The van der Waals surface area contributed by atoms with E-state index in [9.17, 15) is 18.0 Å². The molecule has 0 aliphatic carbocycles. The smallest absolute Gasteiger partial charge is 0.410 e. The second-order valence-electron chi connectivity index (χ2n) is 6.07. The molecule has 0 saturated carbocycles. The van der Waals surface area contributed by atoms with E-state index in [4.69, 9.17) is 9.88 Å². The monoisotopic (exact) mass is 389 g/mol. The number of nitrogens with one attached hydrogen (secondary N) is 1. The molecule has 3 rings (SSSR count). The predicted molar refractivity (Wildman–Crippen MR) is 98.4 cm³/mol. The second-order valence-corrected chi connectivity index (χ2v) is 7.63. The van der Waals surface area contributed by atoms with Gasteiger partial charge in [-0.3, -0.25) is 9.69 Å². The minimum absolute atomic E-state index is 0.0558. The summed E-state index contributed by atoms with van der Waals surface area (Å²) in [5, 5.41) is 7.79. The van der Waals surface area contributed by atoms with Crippen LogP contribution in [0.25, 0.3) is 0 Å². The molecule has 0 spiro atoms. The summed E-state index contributed by atoms with van der Waals surface area (Å²) in [6.07, 6.45) is 0.0344. The van der Waals surface area contributed by atoms with Crippen LogP contribution in [-0.2, 0) is 26.0 Å². The first-order valence-electron chi connectivity index (χ1n) is 8.17. The van der Waals surface area contributed by atoms with Crippen molar-refractivity contribution in [3.8, 4) is 0 Å². The quantitative estimate of drug-likeness (QED) is 0.827. The Hall–Kier alpha value is -2.91. The zero-order valence-electron chi connectivity index (χ0n) is 14.6. The molecule has 0 aromatic heterocycles. The molecule has 27 heavy (non-hydrogen) atoms. The Morgan fingerprint density at radius 3 is 2.44 bits per heavy atom. The molecule has 1 unspecified atom stereocenters. The zero-order valence-corrected chi connectivity index (χ0v) is 15.4. The van der Waals surface area contributed by atoms with Crippen molar-refractivity contribution < 1.29 is 22.7 Å². The SMILES string of the molecule is COC(=O)N1CCc2ccccc2C1C(=O)Nc1ccc(S(N)(=O)=O)cc1. The summed E-state index contributed by atoms with van der Waals surface area (Å²) in [7, 11) is -2.55. The highest BCUT2D eigenvalue weighted by Crippen LogP contribution is 2.31. The van der Waals surface area contributed by atoms with Gasteiger partial charge >= 0.3 is 6.09 Å². The average Bonchev–Trinajstić information content (AvgIpc) is 2.66. The molecule has 0 bridgehead atoms. The molecule has 8 nitrogen and oxygen atoms in total. The molecule has 1 heterocycles. The standard InChI is InChI=1S/C18H19N3O5S/c1-26-18(23)21-11-10-12-4-2-3-5-15(12)16(21)17(22)20-13-6-8-14(9-7-13)27(19,24)25/h2-9,16H,10-11H2,1H3,(H,20,22)(H2,19,24,25). The van der Waals surface area contributed by atoms with Crippen molar-refractivity contribution in [1.82, 2.24) is 4.90 Å². The maximum atomic E-state index is 12.9. The molecule has 2 aromatic rings. The number of sulfonamides is 1. The first-order valence-corrected chi connectivity index (χ1v) is 9.72.